The number of hydrogen-bond acceptors (Lipinski definition) is 5. The molecule has 1 heterocycles. The van der Waals surface area contributed by atoms with Gasteiger partial charge in [0.15, 0.2) is 0 Å². The van der Waals surface area contributed by atoms with E-state index >= 15 is 0 Å². The third-order valence-corrected chi connectivity index (χ3v) is 1.54. The molecule has 0 bridgehead atoms. The van der Waals surface area contributed by atoms with Crippen molar-refractivity contribution in [1.29, 1.82) is 0 Å². The molecule has 14 heavy (non-hydrogen) atoms. The van der Waals surface area contributed by atoms with Gasteiger partial charge < -0.3 is 11.1 Å². The quantitative estimate of drug-likeness (QED) is 0.579. The van der Waals surface area contributed by atoms with Crippen molar-refractivity contribution >= 4 is 23.8 Å². The molecule has 0 amide bonds. The Morgan fingerprint density at radius 3 is 3.07 bits per heavy atom. The Hall–Kier alpha value is -1.62. The van der Waals surface area contributed by atoms with Gasteiger partial charge in [0.2, 0.25) is 5.95 Å². The lowest BCUT2D eigenvalue weighted by Gasteiger charge is -2.03. The van der Waals surface area contributed by atoms with Crippen molar-refractivity contribution < 1.29 is 0 Å². The maximum atomic E-state index is 5.67. The molecule has 1 rings (SSSR count). The zero-order valence-electron chi connectivity index (χ0n) is 7.61. The van der Waals surface area contributed by atoms with Gasteiger partial charge in [0.05, 0.1) is 5.70 Å². The zero-order valence-corrected chi connectivity index (χ0v) is 8.36. The Labute approximate surface area is 86.7 Å². The largest absolute Gasteiger partial charge is 0.403 e. The SMILES string of the molecule is CN=CC(=CN)Nc1nccc(Cl)n1. The van der Waals surface area contributed by atoms with Crippen molar-refractivity contribution in [3.8, 4) is 0 Å². The highest BCUT2D eigenvalue weighted by atomic mass is 35.5. The second-order valence-corrected chi connectivity index (χ2v) is 2.72. The Kier molecular flexibility index (Phi) is 3.87. The van der Waals surface area contributed by atoms with Crippen LogP contribution in [0.15, 0.2) is 29.2 Å². The summed E-state index contributed by atoms with van der Waals surface area (Å²) in [5.74, 6) is 0.383. The smallest absolute Gasteiger partial charge is 0.228 e. The molecule has 0 saturated carbocycles. The van der Waals surface area contributed by atoms with Gasteiger partial charge in [-0.1, -0.05) is 11.6 Å². The van der Waals surface area contributed by atoms with E-state index in [4.69, 9.17) is 17.3 Å². The minimum absolute atomic E-state index is 0.368. The number of nitrogens with one attached hydrogen (secondary N) is 1. The zero-order chi connectivity index (χ0) is 10.4. The molecule has 0 aliphatic heterocycles. The van der Waals surface area contributed by atoms with Gasteiger partial charge in [-0.25, -0.2) is 9.97 Å². The minimum Gasteiger partial charge on any atom is -0.403 e. The lowest BCUT2D eigenvalue weighted by molar-refractivity contribution is 1.15. The van der Waals surface area contributed by atoms with E-state index in [0.29, 0.717) is 16.8 Å². The highest BCUT2D eigenvalue weighted by molar-refractivity contribution is 6.29. The molecule has 0 atom stereocenters. The molecule has 0 aliphatic carbocycles. The van der Waals surface area contributed by atoms with Crippen molar-refractivity contribution in [2.45, 2.75) is 0 Å². The van der Waals surface area contributed by atoms with Crippen LogP contribution in [0.5, 0.6) is 0 Å². The molecule has 0 aliphatic rings. The molecule has 0 unspecified atom stereocenters. The lowest BCUT2D eigenvalue weighted by atomic mass is 10.5. The summed E-state index contributed by atoms with van der Waals surface area (Å²) in [6.45, 7) is 0. The summed E-state index contributed by atoms with van der Waals surface area (Å²) < 4.78 is 0. The lowest BCUT2D eigenvalue weighted by Crippen LogP contribution is -2.06. The molecule has 74 valence electrons. The molecule has 3 N–H and O–H groups in total. The highest BCUT2D eigenvalue weighted by Gasteiger charge is 1.97. The summed E-state index contributed by atoms with van der Waals surface area (Å²) in [6, 6.07) is 1.59. The Morgan fingerprint density at radius 2 is 2.50 bits per heavy atom. The molecule has 0 spiro atoms. The Balaban J connectivity index is 2.77. The third kappa shape index (κ3) is 3.02. The van der Waals surface area contributed by atoms with Gasteiger partial charge in [-0.05, 0) is 6.07 Å². The standard InChI is InChI=1S/C8H10ClN5/c1-11-5-6(4-10)13-8-12-3-2-7(9)14-8/h2-5H,10H2,1H3,(H,12,13,14). The van der Waals surface area contributed by atoms with Crippen LogP contribution in [0.25, 0.3) is 0 Å². The number of nitrogens with zero attached hydrogens (tertiary/aromatic N) is 3. The molecule has 5 nitrogen and oxygen atoms in total. The van der Waals surface area contributed by atoms with E-state index in [-0.39, 0.29) is 0 Å². The van der Waals surface area contributed by atoms with Crippen LogP contribution in [0.1, 0.15) is 0 Å². The topological polar surface area (TPSA) is 76.2 Å². The number of halogens is 1. The average Bonchev–Trinajstić information content (AvgIpc) is 2.17. The van der Waals surface area contributed by atoms with Crippen LogP contribution in [-0.4, -0.2) is 23.2 Å². The van der Waals surface area contributed by atoms with Gasteiger partial charge in [0, 0.05) is 25.7 Å². The van der Waals surface area contributed by atoms with Gasteiger partial charge in [-0.15, -0.1) is 0 Å². The first-order chi connectivity index (χ1) is 6.76. The van der Waals surface area contributed by atoms with Crippen LogP contribution >= 0.6 is 11.6 Å². The monoisotopic (exact) mass is 211 g/mol. The summed E-state index contributed by atoms with van der Waals surface area (Å²) in [4.78, 5) is 11.7. The second-order valence-electron chi connectivity index (χ2n) is 2.34. The molecule has 0 radical (unpaired) electrons. The fraction of sp³-hybridized carbons (Fsp3) is 0.125. The van der Waals surface area contributed by atoms with Crippen molar-refractivity contribution in [3.05, 3.63) is 29.3 Å². The number of rotatable bonds is 3. The van der Waals surface area contributed by atoms with Crippen molar-refractivity contribution in [1.82, 2.24) is 9.97 Å². The fourth-order valence-corrected chi connectivity index (χ4v) is 0.918. The molecular weight excluding hydrogens is 202 g/mol. The molecule has 1 aromatic heterocycles. The summed E-state index contributed by atoms with van der Waals surface area (Å²) in [7, 11) is 1.64. The molecule has 0 saturated heterocycles. The molecule has 0 fully saturated rings. The van der Waals surface area contributed by atoms with E-state index in [2.05, 4.69) is 20.3 Å². The summed E-state index contributed by atoms with van der Waals surface area (Å²) in [5.41, 5.74) is 5.95. The van der Waals surface area contributed by atoms with Gasteiger partial charge in [0.25, 0.3) is 0 Å². The first kappa shape index (κ1) is 10.5. The number of nitrogens with two attached hydrogens (primary N) is 1. The van der Waals surface area contributed by atoms with Crippen LogP contribution in [0, 0.1) is 0 Å². The van der Waals surface area contributed by atoms with Crippen LogP contribution in [0.2, 0.25) is 5.15 Å². The fourth-order valence-electron chi connectivity index (χ4n) is 0.782. The van der Waals surface area contributed by atoms with Crippen molar-refractivity contribution in [3.63, 3.8) is 0 Å². The highest BCUT2D eigenvalue weighted by Crippen LogP contribution is 2.06. The Morgan fingerprint density at radius 1 is 1.71 bits per heavy atom. The predicted octanol–water partition coefficient (Wildman–Crippen LogP) is 1.04. The number of aromatic nitrogens is 2. The van der Waals surface area contributed by atoms with Crippen LogP contribution in [0.3, 0.4) is 0 Å². The summed E-state index contributed by atoms with van der Waals surface area (Å²) >= 11 is 5.67. The molecule has 0 aromatic carbocycles. The maximum absolute atomic E-state index is 5.67. The summed E-state index contributed by atoms with van der Waals surface area (Å²) in [6.07, 6.45) is 4.48. The van der Waals surface area contributed by atoms with Crippen molar-refractivity contribution in [2.75, 3.05) is 12.4 Å². The van der Waals surface area contributed by atoms with E-state index in [0.717, 1.165) is 0 Å². The first-order valence-corrected chi connectivity index (χ1v) is 4.23. The molecule has 6 heteroatoms. The van der Waals surface area contributed by atoms with E-state index in [1.54, 1.807) is 25.5 Å². The van der Waals surface area contributed by atoms with E-state index < -0.39 is 0 Å². The number of aliphatic imine (C=N–C) groups is 1. The molecular formula is C8H10ClN5. The van der Waals surface area contributed by atoms with E-state index in [1.807, 2.05) is 0 Å². The van der Waals surface area contributed by atoms with Crippen LogP contribution in [0.4, 0.5) is 5.95 Å². The van der Waals surface area contributed by atoms with Crippen LogP contribution in [-0.2, 0) is 0 Å². The number of hydrogen-bond donors (Lipinski definition) is 2. The third-order valence-electron chi connectivity index (χ3n) is 1.33. The predicted molar refractivity (Wildman–Crippen MR) is 57.4 cm³/mol. The Bertz CT molecular complexity index is 361. The normalized spacial score (nSPS) is 12.0. The van der Waals surface area contributed by atoms with Gasteiger partial charge in [-0.3, -0.25) is 4.99 Å². The van der Waals surface area contributed by atoms with Gasteiger partial charge >= 0.3 is 0 Å². The average molecular weight is 212 g/mol. The van der Waals surface area contributed by atoms with E-state index in [1.165, 1.54) is 6.20 Å². The van der Waals surface area contributed by atoms with E-state index in [9.17, 15) is 0 Å². The summed E-state index contributed by atoms with van der Waals surface area (Å²) in [5, 5.41) is 3.22. The van der Waals surface area contributed by atoms with Crippen LogP contribution < -0.4 is 11.1 Å². The number of allylic oxidation sites excluding steroid dienone is 1. The molecule has 1 aromatic rings. The van der Waals surface area contributed by atoms with Gasteiger partial charge in [-0.2, -0.15) is 0 Å². The number of anilines is 1. The van der Waals surface area contributed by atoms with Gasteiger partial charge in [0.1, 0.15) is 5.15 Å². The maximum Gasteiger partial charge on any atom is 0.228 e. The minimum atomic E-state index is 0.368. The van der Waals surface area contributed by atoms with Crippen molar-refractivity contribution in [2.24, 2.45) is 10.7 Å². The first-order valence-electron chi connectivity index (χ1n) is 3.86. The second kappa shape index (κ2) is 5.18.